The molecule has 1 fully saturated rings. The van der Waals surface area contributed by atoms with Crippen LogP contribution in [-0.2, 0) is 0 Å². The topological polar surface area (TPSA) is 77.0 Å². The zero-order chi connectivity index (χ0) is 17.4. The van der Waals surface area contributed by atoms with Gasteiger partial charge in [-0.25, -0.2) is 0 Å². The van der Waals surface area contributed by atoms with E-state index in [-0.39, 0.29) is 11.9 Å². The molecule has 0 N–H and O–H groups in total. The van der Waals surface area contributed by atoms with Crippen molar-refractivity contribution in [2.24, 2.45) is 0 Å². The molecule has 3 aromatic rings. The highest BCUT2D eigenvalue weighted by molar-refractivity contribution is 9.10. The van der Waals surface area contributed by atoms with Crippen molar-refractivity contribution in [3.63, 3.8) is 0 Å². The quantitative estimate of drug-likeness (QED) is 0.587. The monoisotopic (exact) mass is 465 g/mol. The molecule has 0 spiro atoms. The van der Waals surface area contributed by atoms with Gasteiger partial charge in [0.15, 0.2) is 16.3 Å². The van der Waals surface area contributed by atoms with E-state index in [0.29, 0.717) is 22.8 Å². The van der Waals surface area contributed by atoms with Crippen molar-refractivity contribution >= 4 is 37.8 Å². The number of hydrogen-bond acceptors (Lipinski definition) is 5. The first-order valence-corrected chi connectivity index (χ1v) is 9.32. The van der Waals surface area contributed by atoms with Crippen LogP contribution < -0.4 is 0 Å². The second-order valence-electron chi connectivity index (χ2n) is 5.68. The Morgan fingerprint density at radius 3 is 2.88 bits per heavy atom. The van der Waals surface area contributed by atoms with Crippen LogP contribution in [-0.4, -0.2) is 37.6 Å². The first-order chi connectivity index (χ1) is 12.1. The maximum atomic E-state index is 12.7. The van der Waals surface area contributed by atoms with Crippen LogP contribution in [0.15, 0.2) is 50.0 Å². The number of benzene rings is 1. The van der Waals surface area contributed by atoms with Gasteiger partial charge in [-0.1, -0.05) is 22.0 Å². The fourth-order valence-electron chi connectivity index (χ4n) is 2.92. The van der Waals surface area contributed by atoms with Crippen molar-refractivity contribution in [3.8, 4) is 5.69 Å². The lowest BCUT2D eigenvalue weighted by Gasteiger charge is -2.20. The Morgan fingerprint density at radius 2 is 2.12 bits per heavy atom. The molecule has 1 aliphatic heterocycles. The molecule has 0 bridgehead atoms. The predicted molar refractivity (Wildman–Crippen MR) is 96.3 cm³/mol. The van der Waals surface area contributed by atoms with E-state index in [9.17, 15) is 4.79 Å². The minimum absolute atomic E-state index is 0.160. The third-order valence-electron chi connectivity index (χ3n) is 4.06. The Labute approximate surface area is 160 Å². The van der Waals surface area contributed by atoms with Crippen LogP contribution in [0.25, 0.3) is 5.69 Å². The van der Waals surface area contributed by atoms with Crippen molar-refractivity contribution in [2.75, 3.05) is 6.54 Å². The van der Waals surface area contributed by atoms with Crippen LogP contribution in [0.2, 0.25) is 0 Å². The number of likely N-dealkylation sites (tertiary alicyclic amines) is 1. The summed E-state index contributed by atoms with van der Waals surface area (Å²) in [6.45, 7) is 0.646. The van der Waals surface area contributed by atoms with Crippen molar-refractivity contribution < 1.29 is 9.21 Å². The molecular formula is C16H13Br2N5O2. The van der Waals surface area contributed by atoms with Gasteiger partial charge in [0.2, 0.25) is 0 Å². The van der Waals surface area contributed by atoms with Crippen LogP contribution in [0.4, 0.5) is 0 Å². The zero-order valence-electron chi connectivity index (χ0n) is 13.0. The summed E-state index contributed by atoms with van der Waals surface area (Å²) in [6, 6.07) is 10.8. The fourth-order valence-corrected chi connectivity index (χ4v) is 3.61. The van der Waals surface area contributed by atoms with Crippen LogP contribution in [0, 0.1) is 0 Å². The van der Waals surface area contributed by atoms with Crippen LogP contribution >= 0.6 is 31.9 Å². The number of halogens is 2. The number of furan rings is 1. The third-order valence-corrected chi connectivity index (χ3v) is 4.98. The smallest absolute Gasteiger partial charge is 0.290 e. The van der Waals surface area contributed by atoms with Gasteiger partial charge in [-0.3, -0.25) is 4.79 Å². The molecule has 1 aliphatic rings. The van der Waals surface area contributed by atoms with Gasteiger partial charge in [-0.15, -0.1) is 15.0 Å². The molecular weight excluding hydrogens is 454 g/mol. The second-order valence-corrected chi connectivity index (χ2v) is 7.37. The molecule has 1 amide bonds. The summed E-state index contributed by atoms with van der Waals surface area (Å²) in [6.07, 6.45) is 1.70. The standard InChI is InChI=1S/C16H13Br2N5O2/c17-10-3-1-4-11(9-10)23-20-15(19-21-23)12-5-2-8-22(12)16(24)13-6-7-14(18)25-13/h1,3-4,6-7,9,12H,2,5,8H2. The molecule has 7 nitrogen and oxygen atoms in total. The summed E-state index contributed by atoms with van der Waals surface area (Å²) < 4.78 is 6.86. The fraction of sp³-hybridized carbons (Fsp3) is 0.250. The summed E-state index contributed by atoms with van der Waals surface area (Å²) in [7, 11) is 0. The van der Waals surface area contributed by atoms with Crippen molar-refractivity contribution in [1.29, 1.82) is 0 Å². The Morgan fingerprint density at radius 1 is 1.24 bits per heavy atom. The SMILES string of the molecule is O=C(c1ccc(Br)o1)N1CCCC1c1nnn(-c2cccc(Br)c2)n1. The van der Waals surface area contributed by atoms with Crippen LogP contribution in [0.3, 0.4) is 0 Å². The average molecular weight is 467 g/mol. The van der Waals surface area contributed by atoms with Crippen molar-refractivity contribution in [2.45, 2.75) is 18.9 Å². The number of carbonyl (C=O) groups excluding carboxylic acids is 1. The lowest BCUT2D eigenvalue weighted by Crippen LogP contribution is -2.30. The Hall–Kier alpha value is -2.00. The van der Waals surface area contributed by atoms with E-state index in [2.05, 4.69) is 47.3 Å². The van der Waals surface area contributed by atoms with Gasteiger partial charge in [0, 0.05) is 11.0 Å². The molecule has 1 saturated heterocycles. The van der Waals surface area contributed by atoms with Gasteiger partial charge in [-0.05, 0) is 64.3 Å². The van der Waals surface area contributed by atoms with E-state index in [0.717, 1.165) is 23.0 Å². The van der Waals surface area contributed by atoms with Gasteiger partial charge >= 0.3 is 0 Å². The highest BCUT2D eigenvalue weighted by atomic mass is 79.9. The van der Waals surface area contributed by atoms with Gasteiger partial charge < -0.3 is 9.32 Å². The lowest BCUT2D eigenvalue weighted by molar-refractivity contribution is 0.0696. The molecule has 4 rings (SSSR count). The Bertz CT molecular complexity index is 923. The molecule has 9 heteroatoms. The average Bonchev–Trinajstić information content (AvgIpc) is 3.34. The lowest BCUT2D eigenvalue weighted by atomic mass is 10.2. The summed E-state index contributed by atoms with van der Waals surface area (Å²) >= 11 is 6.66. The zero-order valence-corrected chi connectivity index (χ0v) is 16.1. The normalized spacial score (nSPS) is 17.2. The van der Waals surface area contributed by atoms with E-state index in [1.54, 1.807) is 17.0 Å². The Kier molecular flexibility index (Phi) is 4.43. The number of hydrogen-bond donors (Lipinski definition) is 0. The molecule has 128 valence electrons. The predicted octanol–water partition coefficient (Wildman–Crippen LogP) is 3.76. The molecule has 0 radical (unpaired) electrons. The van der Waals surface area contributed by atoms with E-state index < -0.39 is 0 Å². The Balaban J connectivity index is 1.60. The molecule has 25 heavy (non-hydrogen) atoms. The van der Waals surface area contributed by atoms with Crippen molar-refractivity contribution in [3.05, 3.63) is 57.1 Å². The summed E-state index contributed by atoms with van der Waals surface area (Å²) in [4.78, 5) is 15.9. The number of nitrogens with zero attached hydrogens (tertiary/aromatic N) is 5. The second kappa shape index (κ2) is 6.72. The first-order valence-electron chi connectivity index (χ1n) is 7.74. The molecule has 1 atom stereocenters. The van der Waals surface area contributed by atoms with E-state index >= 15 is 0 Å². The first kappa shape index (κ1) is 16.5. The minimum Gasteiger partial charge on any atom is -0.444 e. The molecule has 0 saturated carbocycles. The molecule has 1 unspecified atom stereocenters. The largest absolute Gasteiger partial charge is 0.444 e. The van der Waals surface area contributed by atoms with Gasteiger partial charge in [0.05, 0.1) is 11.7 Å². The number of amides is 1. The number of carbonyl (C=O) groups is 1. The summed E-state index contributed by atoms with van der Waals surface area (Å²) in [5.74, 6) is 0.682. The maximum absolute atomic E-state index is 12.7. The highest BCUT2D eigenvalue weighted by Gasteiger charge is 2.35. The summed E-state index contributed by atoms with van der Waals surface area (Å²) in [5, 5.41) is 12.8. The van der Waals surface area contributed by atoms with Crippen LogP contribution in [0.1, 0.15) is 35.3 Å². The molecule has 1 aromatic carbocycles. The summed E-state index contributed by atoms with van der Waals surface area (Å²) in [5.41, 5.74) is 0.805. The maximum Gasteiger partial charge on any atom is 0.290 e. The van der Waals surface area contributed by atoms with E-state index in [4.69, 9.17) is 4.42 Å². The van der Waals surface area contributed by atoms with E-state index in [1.165, 1.54) is 4.80 Å². The number of aromatic nitrogens is 4. The van der Waals surface area contributed by atoms with Crippen molar-refractivity contribution in [1.82, 2.24) is 25.1 Å². The van der Waals surface area contributed by atoms with E-state index in [1.807, 2.05) is 24.3 Å². The molecule has 2 aromatic heterocycles. The minimum atomic E-state index is -0.197. The van der Waals surface area contributed by atoms with Crippen LogP contribution in [0.5, 0.6) is 0 Å². The molecule has 3 heterocycles. The number of tetrazole rings is 1. The number of rotatable bonds is 3. The van der Waals surface area contributed by atoms with Gasteiger partial charge in [0.25, 0.3) is 5.91 Å². The van der Waals surface area contributed by atoms with Gasteiger partial charge in [-0.2, -0.15) is 0 Å². The molecule has 0 aliphatic carbocycles. The third kappa shape index (κ3) is 3.25. The highest BCUT2D eigenvalue weighted by Crippen LogP contribution is 2.31. The van der Waals surface area contributed by atoms with Gasteiger partial charge in [0.1, 0.15) is 0 Å².